The molecule has 0 aromatic heterocycles. The maximum Gasteiger partial charge on any atom is 0.150 e. The molecule has 1 saturated heterocycles. The van der Waals surface area contributed by atoms with Gasteiger partial charge in [-0.3, -0.25) is 0 Å². The van der Waals surface area contributed by atoms with E-state index < -0.39 is 9.84 Å². The van der Waals surface area contributed by atoms with Gasteiger partial charge in [-0.2, -0.15) is 0 Å². The molecule has 0 spiro atoms. The quantitative estimate of drug-likeness (QED) is 0.619. The Labute approximate surface area is 83.9 Å². The van der Waals surface area contributed by atoms with Crippen LogP contribution in [0.2, 0.25) is 0 Å². The highest BCUT2D eigenvalue weighted by Crippen LogP contribution is 2.40. The summed E-state index contributed by atoms with van der Waals surface area (Å²) in [7, 11) is -2.93. The normalized spacial score (nSPS) is 46.1. The third kappa shape index (κ3) is 1.81. The van der Waals surface area contributed by atoms with Gasteiger partial charge in [0.15, 0.2) is 9.84 Å². The molecule has 1 heterocycles. The van der Waals surface area contributed by atoms with Crippen LogP contribution in [-0.2, 0) is 9.84 Å². The van der Waals surface area contributed by atoms with Crippen molar-refractivity contribution in [3.8, 4) is 0 Å². The van der Waals surface area contributed by atoms with E-state index in [1.807, 2.05) is 0 Å². The lowest BCUT2D eigenvalue weighted by Gasteiger charge is -2.43. The van der Waals surface area contributed by atoms with E-state index in [4.69, 9.17) is 0 Å². The van der Waals surface area contributed by atoms with E-state index in [-0.39, 0.29) is 42.0 Å². The Morgan fingerprint density at radius 1 is 1.14 bits per heavy atom. The fourth-order valence-corrected chi connectivity index (χ4v) is 5.14. The Balaban J connectivity index is 2.22. The van der Waals surface area contributed by atoms with Gasteiger partial charge in [0, 0.05) is 6.61 Å². The standard InChI is InChI=1S/C9H16O4S/c10-3-9-6-1-8(11)2-7(9)5-14(12,13)4-6/h6-11H,1-5H2. The van der Waals surface area contributed by atoms with Crippen LogP contribution in [0.25, 0.3) is 0 Å². The van der Waals surface area contributed by atoms with Gasteiger partial charge in [0.25, 0.3) is 0 Å². The van der Waals surface area contributed by atoms with Crippen LogP contribution in [-0.4, -0.2) is 42.8 Å². The average molecular weight is 220 g/mol. The monoisotopic (exact) mass is 220 g/mol. The van der Waals surface area contributed by atoms with Gasteiger partial charge in [-0.15, -0.1) is 0 Å². The zero-order valence-corrected chi connectivity index (χ0v) is 8.78. The van der Waals surface area contributed by atoms with Crippen molar-refractivity contribution in [2.45, 2.75) is 18.9 Å². The molecule has 0 aromatic carbocycles. The summed E-state index contributed by atoms with van der Waals surface area (Å²) in [5, 5.41) is 18.7. The second kappa shape index (κ2) is 3.47. The van der Waals surface area contributed by atoms with Gasteiger partial charge in [-0.05, 0) is 30.6 Å². The molecule has 5 heteroatoms. The molecule has 2 N–H and O–H groups in total. The van der Waals surface area contributed by atoms with Gasteiger partial charge in [-0.1, -0.05) is 0 Å². The molecular formula is C9H16O4S. The largest absolute Gasteiger partial charge is 0.396 e. The Morgan fingerprint density at radius 2 is 1.64 bits per heavy atom. The maximum atomic E-state index is 11.5. The molecule has 0 amide bonds. The lowest BCUT2D eigenvalue weighted by molar-refractivity contribution is 0.0128. The van der Waals surface area contributed by atoms with E-state index in [9.17, 15) is 18.6 Å². The Morgan fingerprint density at radius 3 is 2.07 bits per heavy atom. The highest BCUT2D eigenvalue weighted by molar-refractivity contribution is 7.91. The van der Waals surface area contributed by atoms with Gasteiger partial charge in [0.1, 0.15) is 0 Å². The first kappa shape index (κ1) is 10.4. The smallest absolute Gasteiger partial charge is 0.150 e. The highest BCUT2D eigenvalue weighted by atomic mass is 32.2. The average Bonchev–Trinajstić information content (AvgIpc) is 1.99. The molecule has 0 aromatic rings. The van der Waals surface area contributed by atoms with Crippen LogP contribution < -0.4 is 0 Å². The molecule has 2 aliphatic rings. The maximum absolute atomic E-state index is 11.5. The third-order valence-electron chi connectivity index (χ3n) is 3.51. The summed E-state index contributed by atoms with van der Waals surface area (Å²) in [6, 6.07) is 0. The molecule has 2 rings (SSSR count). The van der Waals surface area contributed by atoms with E-state index in [0.717, 1.165) is 0 Å². The molecule has 1 saturated carbocycles. The van der Waals surface area contributed by atoms with Crippen LogP contribution in [0.3, 0.4) is 0 Å². The van der Waals surface area contributed by atoms with Crippen molar-refractivity contribution >= 4 is 9.84 Å². The minimum absolute atomic E-state index is 0.0347. The van der Waals surface area contributed by atoms with Crippen molar-refractivity contribution in [2.75, 3.05) is 18.1 Å². The number of aliphatic hydroxyl groups is 2. The molecule has 82 valence electrons. The predicted octanol–water partition coefficient (Wildman–Crippen LogP) is -0.590. The summed E-state index contributed by atoms with van der Waals surface area (Å²) in [5.74, 6) is 0.305. The second-order valence-corrected chi connectivity index (χ2v) is 6.72. The minimum Gasteiger partial charge on any atom is -0.396 e. The van der Waals surface area contributed by atoms with Crippen molar-refractivity contribution in [2.24, 2.45) is 17.8 Å². The lowest BCUT2D eigenvalue weighted by atomic mass is 9.72. The highest BCUT2D eigenvalue weighted by Gasteiger charge is 2.44. The molecule has 2 unspecified atom stereocenters. The van der Waals surface area contributed by atoms with Crippen LogP contribution in [0, 0.1) is 17.8 Å². The van der Waals surface area contributed by atoms with Crippen LogP contribution >= 0.6 is 0 Å². The molecule has 2 bridgehead atoms. The fourth-order valence-electron chi connectivity index (χ4n) is 2.93. The van der Waals surface area contributed by atoms with Crippen molar-refractivity contribution in [3.05, 3.63) is 0 Å². The van der Waals surface area contributed by atoms with Crippen LogP contribution in [0.15, 0.2) is 0 Å². The molecule has 2 atom stereocenters. The minimum atomic E-state index is -2.93. The third-order valence-corrected chi connectivity index (χ3v) is 5.38. The van der Waals surface area contributed by atoms with Gasteiger partial charge < -0.3 is 10.2 Å². The summed E-state index contributed by atoms with van der Waals surface area (Å²) in [5.41, 5.74) is 0. The Hall–Kier alpha value is -0.130. The molecule has 14 heavy (non-hydrogen) atoms. The lowest BCUT2D eigenvalue weighted by Crippen LogP contribution is -2.48. The number of fused-ring (bicyclic) bond motifs is 2. The topological polar surface area (TPSA) is 74.6 Å². The summed E-state index contributed by atoms with van der Waals surface area (Å²) in [6.07, 6.45) is 0.686. The summed E-state index contributed by atoms with van der Waals surface area (Å²) in [6.45, 7) is 0.0531. The Kier molecular flexibility index (Phi) is 2.57. The molecule has 2 fully saturated rings. The summed E-state index contributed by atoms with van der Waals surface area (Å²) >= 11 is 0. The van der Waals surface area contributed by atoms with Crippen molar-refractivity contribution in [1.82, 2.24) is 0 Å². The van der Waals surface area contributed by atoms with E-state index >= 15 is 0 Å². The van der Waals surface area contributed by atoms with Crippen molar-refractivity contribution in [1.29, 1.82) is 0 Å². The molecule has 0 radical (unpaired) electrons. The number of hydrogen-bond acceptors (Lipinski definition) is 4. The van der Waals surface area contributed by atoms with E-state index in [1.54, 1.807) is 0 Å². The van der Waals surface area contributed by atoms with Gasteiger partial charge in [-0.25, -0.2) is 8.42 Å². The first-order valence-electron chi connectivity index (χ1n) is 5.01. The van der Waals surface area contributed by atoms with Crippen molar-refractivity contribution in [3.63, 3.8) is 0 Å². The van der Waals surface area contributed by atoms with Gasteiger partial charge >= 0.3 is 0 Å². The first-order chi connectivity index (χ1) is 6.52. The van der Waals surface area contributed by atoms with Crippen LogP contribution in [0.4, 0.5) is 0 Å². The number of aliphatic hydroxyl groups excluding tert-OH is 2. The van der Waals surface area contributed by atoms with Gasteiger partial charge in [0.05, 0.1) is 17.6 Å². The van der Waals surface area contributed by atoms with E-state index in [2.05, 4.69) is 0 Å². The van der Waals surface area contributed by atoms with E-state index in [1.165, 1.54) is 0 Å². The number of sulfone groups is 1. The SMILES string of the molecule is O=S1(=O)CC2CC(O)CC(C1)C2CO. The summed E-state index contributed by atoms with van der Waals surface area (Å²) in [4.78, 5) is 0. The molecule has 1 aliphatic carbocycles. The summed E-state index contributed by atoms with van der Waals surface area (Å²) < 4.78 is 22.9. The van der Waals surface area contributed by atoms with Gasteiger partial charge in [0.2, 0.25) is 0 Å². The zero-order chi connectivity index (χ0) is 10.3. The molecule has 1 aliphatic heterocycles. The molecular weight excluding hydrogens is 204 g/mol. The fraction of sp³-hybridized carbons (Fsp3) is 1.00. The Bertz CT molecular complexity index is 289. The second-order valence-electron chi connectivity index (χ2n) is 4.57. The molecule has 4 nitrogen and oxygen atoms in total. The number of rotatable bonds is 1. The zero-order valence-electron chi connectivity index (χ0n) is 7.96. The van der Waals surface area contributed by atoms with E-state index in [0.29, 0.717) is 12.8 Å². The first-order valence-corrected chi connectivity index (χ1v) is 6.83. The van der Waals surface area contributed by atoms with Crippen LogP contribution in [0.5, 0.6) is 0 Å². The van der Waals surface area contributed by atoms with Crippen LogP contribution in [0.1, 0.15) is 12.8 Å². The van der Waals surface area contributed by atoms with Crippen molar-refractivity contribution < 1.29 is 18.6 Å². The predicted molar refractivity (Wildman–Crippen MR) is 51.5 cm³/mol. The number of hydrogen-bond donors (Lipinski definition) is 2.